The fourth-order valence-electron chi connectivity index (χ4n) is 2.17. The highest BCUT2D eigenvalue weighted by molar-refractivity contribution is 9.10. The van der Waals surface area contributed by atoms with Crippen LogP contribution in [0.3, 0.4) is 0 Å². The van der Waals surface area contributed by atoms with Gasteiger partial charge in [-0.25, -0.2) is 9.97 Å². The zero-order valence-corrected chi connectivity index (χ0v) is 14.9. The lowest BCUT2D eigenvalue weighted by Crippen LogP contribution is -2.17. The van der Waals surface area contributed by atoms with Crippen LogP contribution in [0, 0.1) is 6.92 Å². The highest BCUT2D eigenvalue weighted by Crippen LogP contribution is 2.34. The van der Waals surface area contributed by atoms with Gasteiger partial charge in [0.25, 0.3) is 0 Å². The maximum atomic E-state index is 4.82. The van der Waals surface area contributed by atoms with Crippen molar-refractivity contribution in [3.8, 4) is 11.4 Å². The minimum atomic E-state index is -0.0522. The number of nitrogens with one attached hydrogen (secondary N) is 1. The molecule has 21 heavy (non-hydrogen) atoms. The van der Waals surface area contributed by atoms with Crippen LogP contribution >= 0.6 is 15.9 Å². The lowest BCUT2D eigenvalue weighted by molar-refractivity contribution is 0.564. The molecule has 0 aliphatic heterocycles. The van der Waals surface area contributed by atoms with E-state index in [1.165, 1.54) is 5.56 Å². The molecule has 3 nitrogen and oxygen atoms in total. The van der Waals surface area contributed by atoms with Crippen molar-refractivity contribution in [2.45, 2.75) is 40.0 Å². The molecule has 1 N–H and O–H groups in total. The van der Waals surface area contributed by atoms with Gasteiger partial charge in [0.2, 0.25) is 0 Å². The van der Waals surface area contributed by atoms with Gasteiger partial charge in [-0.2, -0.15) is 0 Å². The first kappa shape index (κ1) is 16.0. The van der Waals surface area contributed by atoms with E-state index in [9.17, 15) is 0 Å². The molecule has 0 atom stereocenters. The predicted octanol–water partition coefficient (Wildman–Crippen LogP) is 4.94. The molecule has 2 aromatic rings. The zero-order chi connectivity index (χ0) is 15.6. The van der Waals surface area contributed by atoms with E-state index in [1.807, 2.05) is 12.1 Å². The van der Waals surface area contributed by atoms with Crippen molar-refractivity contribution in [3.05, 3.63) is 40.0 Å². The summed E-state index contributed by atoms with van der Waals surface area (Å²) in [6.45, 7) is 11.5. The Morgan fingerprint density at radius 3 is 2.38 bits per heavy atom. The first-order valence-electron chi connectivity index (χ1n) is 7.22. The number of halogens is 1. The van der Waals surface area contributed by atoms with Crippen LogP contribution in [0.4, 0.5) is 5.82 Å². The molecule has 0 saturated carbocycles. The summed E-state index contributed by atoms with van der Waals surface area (Å²) in [6, 6.07) is 8.22. The van der Waals surface area contributed by atoms with Crippen LogP contribution < -0.4 is 5.32 Å². The third-order valence-corrected chi connectivity index (χ3v) is 4.04. The summed E-state index contributed by atoms with van der Waals surface area (Å²) in [5.41, 5.74) is 3.23. The molecule has 0 aliphatic rings. The average Bonchev–Trinajstić information content (AvgIpc) is 2.41. The van der Waals surface area contributed by atoms with E-state index in [4.69, 9.17) is 9.97 Å². The Morgan fingerprint density at radius 1 is 1.14 bits per heavy atom. The summed E-state index contributed by atoms with van der Waals surface area (Å²) in [6.07, 6.45) is 0. The summed E-state index contributed by atoms with van der Waals surface area (Å²) in [7, 11) is 0. The summed E-state index contributed by atoms with van der Waals surface area (Å²) in [5, 5.41) is 3.32. The number of hydrogen-bond donors (Lipinski definition) is 1. The van der Waals surface area contributed by atoms with Gasteiger partial charge in [0.1, 0.15) is 5.82 Å². The second kappa shape index (κ2) is 6.14. The molecule has 0 aliphatic carbocycles. The maximum Gasteiger partial charge on any atom is 0.162 e. The Bertz CT molecular complexity index is 645. The SMILES string of the molecule is CCNc1nc(-c2ccccc2C)nc(C(C)(C)C)c1Br. The number of benzene rings is 1. The minimum Gasteiger partial charge on any atom is -0.369 e. The zero-order valence-electron chi connectivity index (χ0n) is 13.3. The Labute approximate surface area is 135 Å². The molecule has 112 valence electrons. The predicted molar refractivity (Wildman–Crippen MR) is 92.8 cm³/mol. The van der Waals surface area contributed by atoms with Crippen molar-refractivity contribution in [2.24, 2.45) is 0 Å². The molecule has 4 heteroatoms. The molecule has 1 heterocycles. The van der Waals surface area contributed by atoms with E-state index in [1.54, 1.807) is 0 Å². The lowest BCUT2D eigenvalue weighted by atomic mass is 9.91. The molecule has 2 rings (SSSR count). The Hall–Kier alpha value is -1.42. The summed E-state index contributed by atoms with van der Waals surface area (Å²) < 4.78 is 0.953. The molecule has 1 aromatic heterocycles. The van der Waals surface area contributed by atoms with E-state index >= 15 is 0 Å². The topological polar surface area (TPSA) is 37.8 Å². The molecule has 0 radical (unpaired) electrons. The Morgan fingerprint density at radius 2 is 1.81 bits per heavy atom. The Kier molecular flexibility index (Phi) is 4.67. The molecular weight excluding hydrogens is 326 g/mol. The van der Waals surface area contributed by atoms with Crippen LogP contribution in [0.25, 0.3) is 11.4 Å². The van der Waals surface area contributed by atoms with E-state index in [0.29, 0.717) is 0 Å². The van der Waals surface area contributed by atoms with Crippen molar-refractivity contribution in [2.75, 3.05) is 11.9 Å². The molecule has 0 spiro atoms. The normalized spacial score (nSPS) is 11.5. The number of anilines is 1. The van der Waals surface area contributed by atoms with Gasteiger partial charge in [0.05, 0.1) is 10.2 Å². The molecular formula is C17H22BrN3. The number of rotatable bonds is 3. The van der Waals surface area contributed by atoms with Crippen LogP contribution in [0.15, 0.2) is 28.7 Å². The molecule has 0 unspecified atom stereocenters. The van der Waals surface area contributed by atoms with Crippen molar-refractivity contribution in [3.63, 3.8) is 0 Å². The van der Waals surface area contributed by atoms with E-state index in [0.717, 1.165) is 33.9 Å². The Balaban J connectivity index is 2.68. The fraction of sp³-hybridized carbons (Fsp3) is 0.412. The highest BCUT2D eigenvalue weighted by Gasteiger charge is 2.23. The van der Waals surface area contributed by atoms with Crippen molar-refractivity contribution in [1.82, 2.24) is 9.97 Å². The minimum absolute atomic E-state index is 0.0522. The van der Waals surface area contributed by atoms with Gasteiger partial charge in [-0.1, -0.05) is 45.0 Å². The van der Waals surface area contributed by atoms with Crippen LogP contribution in [0.5, 0.6) is 0 Å². The molecule has 0 saturated heterocycles. The molecule has 1 aromatic carbocycles. The molecule has 0 bridgehead atoms. The summed E-state index contributed by atoms with van der Waals surface area (Å²) >= 11 is 3.66. The number of nitrogens with zero attached hydrogens (tertiary/aromatic N) is 2. The van der Waals surface area contributed by atoms with Gasteiger partial charge in [0, 0.05) is 17.5 Å². The number of aryl methyl sites for hydroxylation is 1. The third kappa shape index (κ3) is 3.43. The second-order valence-corrected chi connectivity index (χ2v) is 6.95. The van der Waals surface area contributed by atoms with Gasteiger partial charge in [-0.3, -0.25) is 0 Å². The van der Waals surface area contributed by atoms with Crippen LogP contribution in [-0.4, -0.2) is 16.5 Å². The van der Waals surface area contributed by atoms with Crippen molar-refractivity contribution in [1.29, 1.82) is 0 Å². The van der Waals surface area contributed by atoms with E-state index < -0.39 is 0 Å². The van der Waals surface area contributed by atoms with E-state index in [2.05, 4.69) is 68.0 Å². The summed E-state index contributed by atoms with van der Waals surface area (Å²) in [5.74, 6) is 1.63. The van der Waals surface area contributed by atoms with Gasteiger partial charge in [0.15, 0.2) is 5.82 Å². The first-order chi connectivity index (χ1) is 9.84. The second-order valence-electron chi connectivity index (χ2n) is 6.15. The summed E-state index contributed by atoms with van der Waals surface area (Å²) in [4.78, 5) is 9.52. The monoisotopic (exact) mass is 347 g/mol. The quantitative estimate of drug-likeness (QED) is 0.853. The van der Waals surface area contributed by atoms with E-state index in [-0.39, 0.29) is 5.41 Å². The van der Waals surface area contributed by atoms with Crippen LogP contribution in [0.1, 0.15) is 39.0 Å². The molecule has 0 fully saturated rings. The first-order valence-corrected chi connectivity index (χ1v) is 8.01. The highest BCUT2D eigenvalue weighted by atomic mass is 79.9. The van der Waals surface area contributed by atoms with Crippen LogP contribution in [-0.2, 0) is 5.41 Å². The number of aromatic nitrogens is 2. The van der Waals surface area contributed by atoms with Crippen molar-refractivity contribution >= 4 is 21.7 Å². The third-order valence-electron chi connectivity index (χ3n) is 3.29. The maximum absolute atomic E-state index is 4.82. The average molecular weight is 348 g/mol. The largest absolute Gasteiger partial charge is 0.369 e. The standard InChI is InChI=1S/C17H22BrN3/c1-6-19-16-13(18)14(17(3,4)5)20-15(21-16)12-10-8-7-9-11(12)2/h7-10H,6H2,1-5H3,(H,19,20,21). The lowest BCUT2D eigenvalue weighted by Gasteiger charge is -2.22. The number of hydrogen-bond acceptors (Lipinski definition) is 3. The van der Waals surface area contributed by atoms with Gasteiger partial charge in [-0.05, 0) is 35.3 Å². The van der Waals surface area contributed by atoms with Gasteiger partial charge in [-0.15, -0.1) is 0 Å². The van der Waals surface area contributed by atoms with Crippen molar-refractivity contribution < 1.29 is 0 Å². The smallest absolute Gasteiger partial charge is 0.162 e. The fourth-order valence-corrected chi connectivity index (χ4v) is 3.09. The van der Waals surface area contributed by atoms with Gasteiger partial charge < -0.3 is 5.32 Å². The molecule has 0 amide bonds. The van der Waals surface area contributed by atoms with Gasteiger partial charge >= 0.3 is 0 Å². The van der Waals surface area contributed by atoms with Crippen LogP contribution in [0.2, 0.25) is 0 Å².